The average molecular weight is 909 g/mol. The van der Waals surface area contributed by atoms with Crippen LogP contribution in [0.4, 0.5) is 26.3 Å². The van der Waals surface area contributed by atoms with Gasteiger partial charge < -0.3 is 5.11 Å². The Morgan fingerprint density at radius 2 is 1.00 bits per heavy atom. The van der Waals surface area contributed by atoms with Gasteiger partial charge in [-0.05, 0) is 128 Å². The zero-order valence-corrected chi connectivity index (χ0v) is 28.9. The molecular formula is C31H18Cl2F6I2O5. The molecule has 5 nitrogen and oxygen atoms in total. The van der Waals surface area contributed by atoms with Crippen molar-refractivity contribution in [1.29, 1.82) is 0 Å². The van der Waals surface area contributed by atoms with Crippen LogP contribution in [0.2, 0.25) is 0 Å². The maximum atomic E-state index is 13.8. The van der Waals surface area contributed by atoms with Crippen molar-refractivity contribution in [2.24, 2.45) is 0 Å². The number of carbonyl (C=O) groups is 4. The van der Waals surface area contributed by atoms with Gasteiger partial charge >= 0.3 is 5.97 Å². The van der Waals surface area contributed by atoms with Gasteiger partial charge in [-0.3, -0.25) is 14.4 Å². The quantitative estimate of drug-likeness (QED) is 0.0867. The molecule has 0 aromatic heterocycles. The van der Waals surface area contributed by atoms with Crippen molar-refractivity contribution in [2.45, 2.75) is 19.8 Å². The Labute approximate surface area is 295 Å². The minimum Gasteiger partial charge on any atom is -0.478 e. The molecule has 0 radical (unpaired) electrons. The van der Waals surface area contributed by atoms with Gasteiger partial charge in [0, 0.05) is 43.6 Å². The SMILES string of the molecule is CC(=O)C(=O)Cl.O=C(Cl)c1ccc(F)c(F)c1Cc1ccc(I)cc1F.O=C(O)c1ccc(F)c(F)c1Cc1ccc(I)cc1F. The van der Waals surface area contributed by atoms with Crippen LogP contribution in [0.5, 0.6) is 0 Å². The van der Waals surface area contributed by atoms with Crippen molar-refractivity contribution < 1.29 is 50.6 Å². The number of halogens is 10. The standard InChI is InChI=1S/C14H7ClF3IO.C14H8F3IO2.C3H3ClO2/c15-14(20)9-3-4-11(16)13(18)10(9)5-7-1-2-8(19)6-12(7)17;15-11-4-3-9(14(19)20)10(13(11)17)5-7-1-2-8(18)6-12(7)16;1-2(5)3(4)6/h1-4,6H,5H2;1-4,6H,5H2,(H,19,20);1H3. The molecule has 0 saturated carbocycles. The molecule has 0 unspecified atom stereocenters. The third-order valence-corrected chi connectivity index (χ3v) is 7.69. The van der Waals surface area contributed by atoms with E-state index in [4.69, 9.17) is 16.7 Å². The van der Waals surface area contributed by atoms with Crippen molar-refractivity contribution in [3.8, 4) is 0 Å². The molecule has 4 aromatic carbocycles. The van der Waals surface area contributed by atoms with E-state index in [0.717, 1.165) is 31.2 Å². The lowest BCUT2D eigenvalue weighted by Crippen LogP contribution is -2.08. The zero-order chi connectivity index (χ0) is 34.9. The van der Waals surface area contributed by atoms with E-state index in [-0.39, 0.29) is 46.2 Å². The second-order valence-corrected chi connectivity index (χ2v) is 12.2. The Morgan fingerprint density at radius 1 is 0.630 bits per heavy atom. The molecular weight excluding hydrogens is 891 g/mol. The van der Waals surface area contributed by atoms with Gasteiger partial charge in [0.2, 0.25) is 5.78 Å². The van der Waals surface area contributed by atoms with E-state index in [1.165, 1.54) is 24.3 Å². The van der Waals surface area contributed by atoms with Gasteiger partial charge in [0.25, 0.3) is 10.5 Å². The molecule has 0 aliphatic heterocycles. The Hall–Kier alpha value is -3.02. The molecule has 0 aliphatic rings. The molecule has 15 heteroatoms. The highest BCUT2D eigenvalue weighted by Crippen LogP contribution is 2.25. The number of hydrogen-bond acceptors (Lipinski definition) is 4. The lowest BCUT2D eigenvalue weighted by molar-refractivity contribution is -0.130. The van der Waals surface area contributed by atoms with Gasteiger partial charge in [0.1, 0.15) is 11.6 Å². The van der Waals surface area contributed by atoms with Crippen LogP contribution in [0.1, 0.15) is 49.9 Å². The molecule has 0 atom stereocenters. The second-order valence-electron chi connectivity index (χ2n) is 9.01. The molecule has 46 heavy (non-hydrogen) atoms. The van der Waals surface area contributed by atoms with Gasteiger partial charge in [-0.1, -0.05) is 12.1 Å². The van der Waals surface area contributed by atoms with Crippen LogP contribution >= 0.6 is 68.4 Å². The van der Waals surface area contributed by atoms with E-state index in [1.54, 1.807) is 12.1 Å². The van der Waals surface area contributed by atoms with Crippen LogP contribution in [0, 0.1) is 42.0 Å². The summed E-state index contributed by atoms with van der Waals surface area (Å²) in [5.41, 5.74) is -0.875. The fraction of sp³-hybridized carbons (Fsp3) is 0.0968. The van der Waals surface area contributed by atoms with Gasteiger partial charge in [-0.2, -0.15) is 0 Å². The normalized spacial score (nSPS) is 10.2. The van der Waals surface area contributed by atoms with Crippen LogP contribution in [0.15, 0.2) is 60.7 Å². The Balaban J connectivity index is 0.000000273. The maximum Gasteiger partial charge on any atom is 0.336 e. The number of Topliss-reactive ketones (excluding diaryl/α,β-unsaturated/α-hetero) is 1. The first-order valence-corrected chi connectivity index (χ1v) is 15.3. The first kappa shape index (κ1) is 39.2. The molecule has 0 bridgehead atoms. The van der Waals surface area contributed by atoms with Gasteiger partial charge in [-0.25, -0.2) is 31.1 Å². The van der Waals surface area contributed by atoms with Crippen molar-refractivity contribution in [1.82, 2.24) is 0 Å². The summed E-state index contributed by atoms with van der Waals surface area (Å²) in [6.07, 6.45) is -0.575. The topological polar surface area (TPSA) is 88.5 Å². The maximum absolute atomic E-state index is 13.8. The monoisotopic (exact) mass is 908 g/mol. The number of aromatic carboxylic acids is 1. The van der Waals surface area contributed by atoms with Gasteiger partial charge in [0.15, 0.2) is 23.3 Å². The number of carboxylic acid groups (broad SMARTS) is 1. The summed E-state index contributed by atoms with van der Waals surface area (Å²) < 4.78 is 82.9. The van der Waals surface area contributed by atoms with Crippen LogP contribution < -0.4 is 0 Å². The smallest absolute Gasteiger partial charge is 0.336 e. The summed E-state index contributed by atoms with van der Waals surface area (Å²) in [7, 11) is 0. The lowest BCUT2D eigenvalue weighted by atomic mass is 9.98. The molecule has 0 fully saturated rings. The predicted molar refractivity (Wildman–Crippen MR) is 175 cm³/mol. The number of hydrogen-bond donors (Lipinski definition) is 1. The Kier molecular flexibility index (Phi) is 15.1. The molecule has 4 aromatic rings. The molecule has 0 spiro atoms. The van der Waals surface area contributed by atoms with E-state index in [1.807, 2.05) is 45.2 Å². The average Bonchev–Trinajstić information content (AvgIpc) is 2.96. The first-order chi connectivity index (χ1) is 21.4. The first-order valence-electron chi connectivity index (χ1n) is 12.4. The van der Waals surface area contributed by atoms with E-state index < -0.39 is 57.1 Å². The lowest BCUT2D eigenvalue weighted by Gasteiger charge is -2.09. The zero-order valence-electron chi connectivity index (χ0n) is 23.0. The van der Waals surface area contributed by atoms with Crippen LogP contribution in [0.25, 0.3) is 0 Å². The van der Waals surface area contributed by atoms with E-state index in [9.17, 15) is 45.5 Å². The van der Waals surface area contributed by atoms with Gasteiger partial charge in [-0.15, -0.1) is 0 Å². The van der Waals surface area contributed by atoms with E-state index in [0.29, 0.717) is 7.14 Å². The fourth-order valence-corrected chi connectivity index (χ4v) is 4.71. The summed E-state index contributed by atoms with van der Waals surface area (Å²) in [6, 6.07) is 12.3. The van der Waals surface area contributed by atoms with Crippen molar-refractivity contribution in [3.63, 3.8) is 0 Å². The van der Waals surface area contributed by atoms with Crippen LogP contribution in [0.3, 0.4) is 0 Å². The minimum atomic E-state index is -1.38. The van der Waals surface area contributed by atoms with E-state index >= 15 is 0 Å². The van der Waals surface area contributed by atoms with Crippen LogP contribution in [-0.2, 0) is 22.4 Å². The van der Waals surface area contributed by atoms with E-state index in [2.05, 4.69) is 11.6 Å². The van der Waals surface area contributed by atoms with Crippen molar-refractivity contribution in [3.05, 3.63) is 136 Å². The predicted octanol–water partition coefficient (Wildman–Crippen LogP) is 9.02. The molecule has 0 heterocycles. The van der Waals surface area contributed by atoms with Crippen molar-refractivity contribution in [2.75, 3.05) is 0 Å². The number of carboxylic acids is 1. The summed E-state index contributed by atoms with van der Waals surface area (Å²) in [4.78, 5) is 41.5. The number of rotatable bonds is 7. The minimum absolute atomic E-state index is 0.109. The largest absolute Gasteiger partial charge is 0.478 e. The summed E-state index contributed by atoms with van der Waals surface area (Å²) in [5, 5.41) is 7.17. The molecule has 0 amide bonds. The number of carbonyl (C=O) groups excluding carboxylic acids is 3. The highest BCUT2D eigenvalue weighted by atomic mass is 127. The summed E-state index contributed by atoms with van der Waals surface area (Å²) in [5.74, 6) is -7.84. The fourth-order valence-electron chi connectivity index (χ4n) is 3.63. The van der Waals surface area contributed by atoms with Crippen molar-refractivity contribution >= 4 is 90.6 Å². The Bertz CT molecular complexity index is 1690. The Morgan fingerprint density at radius 3 is 1.33 bits per heavy atom. The molecule has 0 saturated heterocycles. The molecule has 1 N–H and O–H groups in total. The van der Waals surface area contributed by atoms with Gasteiger partial charge in [0.05, 0.1) is 5.56 Å². The molecule has 4 rings (SSSR count). The highest BCUT2D eigenvalue weighted by molar-refractivity contribution is 14.1. The van der Waals surface area contributed by atoms with Crippen LogP contribution in [-0.4, -0.2) is 27.3 Å². The summed E-state index contributed by atoms with van der Waals surface area (Å²) in [6.45, 7) is 1.12. The third kappa shape index (κ3) is 11.1. The third-order valence-electron chi connectivity index (χ3n) is 5.88. The molecule has 0 aliphatic carbocycles. The molecule has 242 valence electrons. The summed E-state index contributed by atoms with van der Waals surface area (Å²) >= 11 is 13.8. The second kappa shape index (κ2) is 17.8. The highest BCUT2D eigenvalue weighted by Gasteiger charge is 2.20. The number of ketones is 1. The number of benzene rings is 4.